The van der Waals surface area contributed by atoms with Gasteiger partial charge in [0.2, 0.25) is 5.91 Å². The maximum absolute atomic E-state index is 13.5. The third kappa shape index (κ3) is 5.29. The lowest BCUT2D eigenvalue weighted by atomic mass is 10.1. The summed E-state index contributed by atoms with van der Waals surface area (Å²) in [6.07, 6.45) is 0. The molecule has 168 valence electrons. The summed E-state index contributed by atoms with van der Waals surface area (Å²) in [5.74, 6) is -0.879. The molecule has 0 saturated carbocycles. The molecule has 8 heteroatoms. The molecule has 0 unspecified atom stereocenters. The van der Waals surface area contributed by atoms with Gasteiger partial charge in [0.15, 0.2) is 0 Å². The zero-order valence-corrected chi connectivity index (χ0v) is 19.5. The Labute approximate surface area is 192 Å². The minimum Gasteiger partial charge on any atom is -0.348 e. The minimum absolute atomic E-state index is 0.0712. The molecule has 3 aromatic carbocycles. The van der Waals surface area contributed by atoms with E-state index in [0.29, 0.717) is 21.8 Å². The van der Waals surface area contributed by atoms with Crippen molar-refractivity contribution in [3.8, 4) is 0 Å². The van der Waals surface area contributed by atoms with E-state index in [0.717, 1.165) is 9.87 Å². The minimum atomic E-state index is -4.05. The van der Waals surface area contributed by atoms with E-state index in [4.69, 9.17) is 11.6 Å². The molecular formula is C24H24ClFN2O3S. The number of benzene rings is 3. The van der Waals surface area contributed by atoms with Crippen LogP contribution in [0.4, 0.5) is 10.1 Å². The van der Waals surface area contributed by atoms with Crippen LogP contribution in [0.25, 0.3) is 0 Å². The average molecular weight is 475 g/mol. The van der Waals surface area contributed by atoms with Crippen LogP contribution < -0.4 is 9.62 Å². The topological polar surface area (TPSA) is 66.5 Å². The van der Waals surface area contributed by atoms with Crippen LogP contribution in [0.3, 0.4) is 0 Å². The highest BCUT2D eigenvalue weighted by molar-refractivity contribution is 7.92. The normalized spacial score (nSPS) is 12.3. The smallest absolute Gasteiger partial charge is 0.264 e. The van der Waals surface area contributed by atoms with Gasteiger partial charge < -0.3 is 5.32 Å². The predicted octanol–water partition coefficient (Wildman–Crippen LogP) is 5.17. The van der Waals surface area contributed by atoms with Gasteiger partial charge in [-0.15, -0.1) is 0 Å². The Balaban J connectivity index is 1.94. The number of rotatable bonds is 7. The number of carbonyl (C=O) groups excluding carboxylic acids is 1. The first kappa shape index (κ1) is 23.8. The molecule has 0 aliphatic rings. The lowest BCUT2D eigenvalue weighted by Gasteiger charge is -2.27. The number of amides is 1. The Hall–Kier alpha value is -2.90. The second-order valence-electron chi connectivity index (χ2n) is 7.55. The van der Waals surface area contributed by atoms with Gasteiger partial charge >= 0.3 is 0 Å². The van der Waals surface area contributed by atoms with Crippen molar-refractivity contribution in [3.05, 3.63) is 94.3 Å². The lowest BCUT2D eigenvalue weighted by Crippen LogP contribution is -2.42. The van der Waals surface area contributed by atoms with E-state index in [1.807, 2.05) is 6.92 Å². The van der Waals surface area contributed by atoms with Gasteiger partial charge in [-0.05, 0) is 68.3 Å². The van der Waals surface area contributed by atoms with Crippen LogP contribution in [0.5, 0.6) is 0 Å². The fourth-order valence-corrected chi connectivity index (χ4v) is 4.90. The molecular weight excluding hydrogens is 451 g/mol. The molecule has 0 aromatic heterocycles. The van der Waals surface area contributed by atoms with Crippen LogP contribution in [-0.2, 0) is 14.8 Å². The van der Waals surface area contributed by atoms with Crippen molar-refractivity contribution >= 4 is 33.2 Å². The first-order chi connectivity index (χ1) is 15.1. The second kappa shape index (κ2) is 9.71. The summed E-state index contributed by atoms with van der Waals surface area (Å²) in [5.41, 5.74) is 2.49. The standard InChI is InChI=1S/C24H24ClFN2O3S/c1-16-7-13-21(14-8-16)32(30,31)28(23-6-4-5-22(25)17(23)2)15-24(29)27-18(3)19-9-11-20(26)12-10-19/h4-14,18H,15H2,1-3H3,(H,27,29)/t18-/m1/s1. The molecule has 1 amide bonds. The Morgan fingerprint density at radius 1 is 1.03 bits per heavy atom. The van der Waals surface area contributed by atoms with E-state index in [2.05, 4.69) is 5.32 Å². The maximum atomic E-state index is 13.5. The number of nitrogens with one attached hydrogen (secondary N) is 1. The van der Waals surface area contributed by atoms with E-state index in [-0.39, 0.29) is 10.7 Å². The van der Waals surface area contributed by atoms with Crippen LogP contribution in [0.15, 0.2) is 71.6 Å². The van der Waals surface area contributed by atoms with Crippen LogP contribution in [0, 0.1) is 19.7 Å². The maximum Gasteiger partial charge on any atom is 0.264 e. The summed E-state index contributed by atoms with van der Waals surface area (Å²) in [4.78, 5) is 13.0. The molecule has 32 heavy (non-hydrogen) atoms. The predicted molar refractivity (Wildman–Crippen MR) is 125 cm³/mol. The van der Waals surface area contributed by atoms with Crippen molar-refractivity contribution in [2.24, 2.45) is 0 Å². The Morgan fingerprint density at radius 3 is 2.28 bits per heavy atom. The third-order valence-corrected chi connectivity index (χ3v) is 7.33. The van der Waals surface area contributed by atoms with E-state index >= 15 is 0 Å². The molecule has 5 nitrogen and oxygen atoms in total. The van der Waals surface area contributed by atoms with E-state index in [9.17, 15) is 17.6 Å². The summed E-state index contributed by atoms with van der Waals surface area (Å²) in [6.45, 7) is 4.87. The van der Waals surface area contributed by atoms with Gasteiger partial charge in [0, 0.05) is 5.02 Å². The highest BCUT2D eigenvalue weighted by Gasteiger charge is 2.29. The summed E-state index contributed by atoms with van der Waals surface area (Å²) in [6, 6.07) is 16.7. The van der Waals surface area contributed by atoms with Crippen LogP contribution >= 0.6 is 11.6 Å². The fraction of sp³-hybridized carbons (Fsp3) is 0.208. The van der Waals surface area contributed by atoms with Gasteiger partial charge in [0.05, 0.1) is 16.6 Å². The molecule has 1 atom stereocenters. The SMILES string of the molecule is Cc1ccc(S(=O)(=O)N(CC(=O)N[C@H](C)c2ccc(F)cc2)c2cccc(Cl)c2C)cc1. The highest BCUT2D eigenvalue weighted by Crippen LogP contribution is 2.31. The van der Waals surface area contributed by atoms with E-state index in [1.165, 1.54) is 24.3 Å². The monoisotopic (exact) mass is 474 g/mol. The number of hydrogen-bond acceptors (Lipinski definition) is 3. The first-order valence-corrected chi connectivity index (χ1v) is 11.8. The van der Waals surface area contributed by atoms with Crippen LogP contribution in [0.2, 0.25) is 5.02 Å². The fourth-order valence-electron chi connectivity index (χ4n) is 3.26. The van der Waals surface area contributed by atoms with Crippen molar-refractivity contribution in [1.82, 2.24) is 5.32 Å². The molecule has 0 heterocycles. The van der Waals surface area contributed by atoms with Gasteiger partial charge in [-0.25, -0.2) is 12.8 Å². The molecule has 3 rings (SSSR count). The number of nitrogens with zero attached hydrogens (tertiary/aromatic N) is 1. The lowest BCUT2D eigenvalue weighted by molar-refractivity contribution is -0.120. The Kier molecular flexibility index (Phi) is 7.21. The number of sulfonamides is 1. The number of hydrogen-bond donors (Lipinski definition) is 1. The van der Waals surface area contributed by atoms with Gasteiger partial charge in [0.25, 0.3) is 10.0 Å². The molecule has 0 fully saturated rings. The number of halogens is 2. The van der Waals surface area contributed by atoms with Gasteiger partial charge in [-0.1, -0.05) is 47.5 Å². The van der Waals surface area contributed by atoms with Gasteiger partial charge in [0.1, 0.15) is 12.4 Å². The zero-order valence-electron chi connectivity index (χ0n) is 18.0. The van der Waals surface area contributed by atoms with Crippen molar-refractivity contribution in [2.75, 3.05) is 10.8 Å². The van der Waals surface area contributed by atoms with Crippen molar-refractivity contribution < 1.29 is 17.6 Å². The highest BCUT2D eigenvalue weighted by atomic mass is 35.5. The largest absolute Gasteiger partial charge is 0.348 e. The first-order valence-electron chi connectivity index (χ1n) is 9.99. The molecule has 0 aliphatic heterocycles. The summed E-state index contributed by atoms with van der Waals surface area (Å²) >= 11 is 6.24. The molecule has 3 aromatic rings. The van der Waals surface area contributed by atoms with Crippen molar-refractivity contribution in [2.45, 2.75) is 31.7 Å². The van der Waals surface area contributed by atoms with Crippen LogP contribution in [0.1, 0.15) is 29.7 Å². The second-order valence-corrected chi connectivity index (χ2v) is 9.82. The molecule has 1 N–H and O–H groups in total. The van der Waals surface area contributed by atoms with E-state index < -0.39 is 28.5 Å². The molecule has 0 spiro atoms. The van der Waals surface area contributed by atoms with Crippen molar-refractivity contribution in [3.63, 3.8) is 0 Å². The summed E-state index contributed by atoms with van der Waals surface area (Å²) in [7, 11) is -4.05. The molecule has 0 radical (unpaired) electrons. The Bertz CT molecular complexity index is 1210. The molecule has 0 aliphatic carbocycles. The molecule has 0 saturated heterocycles. The third-order valence-electron chi connectivity index (χ3n) is 5.15. The number of aryl methyl sites for hydroxylation is 1. The quantitative estimate of drug-likeness (QED) is 0.513. The van der Waals surface area contributed by atoms with E-state index in [1.54, 1.807) is 56.3 Å². The average Bonchev–Trinajstić information content (AvgIpc) is 2.75. The zero-order chi connectivity index (χ0) is 23.5. The van der Waals surface area contributed by atoms with Gasteiger partial charge in [-0.3, -0.25) is 9.10 Å². The number of anilines is 1. The number of carbonyl (C=O) groups is 1. The Morgan fingerprint density at radius 2 is 1.66 bits per heavy atom. The summed E-state index contributed by atoms with van der Waals surface area (Å²) < 4.78 is 41.2. The van der Waals surface area contributed by atoms with Crippen molar-refractivity contribution in [1.29, 1.82) is 0 Å². The molecule has 0 bridgehead atoms. The summed E-state index contributed by atoms with van der Waals surface area (Å²) in [5, 5.41) is 3.18. The van der Waals surface area contributed by atoms with Crippen LogP contribution in [-0.4, -0.2) is 20.9 Å². The van der Waals surface area contributed by atoms with Gasteiger partial charge in [-0.2, -0.15) is 0 Å².